The van der Waals surface area contributed by atoms with Crippen molar-refractivity contribution in [1.82, 2.24) is 60.0 Å². The van der Waals surface area contributed by atoms with Gasteiger partial charge in [-0.15, -0.1) is 0 Å². The molecule has 4 fully saturated rings. The maximum absolute atomic E-state index is 15.4. The lowest BCUT2D eigenvalue weighted by Crippen LogP contribution is -2.65. The van der Waals surface area contributed by atoms with Crippen molar-refractivity contribution >= 4 is 82.5 Å². The minimum absolute atomic E-state index is 0.0153. The Bertz CT molecular complexity index is 3270. The number of amides is 12. The molecule has 0 aromatic heterocycles. The van der Waals surface area contributed by atoms with E-state index in [9.17, 15) is 51.5 Å². The van der Waals surface area contributed by atoms with Crippen LogP contribution in [0.2, 0.25) is 5.02 Å². The minimum Gasteiger partial charge on any atom is -0.343 e. The molecule has 28 heteroatoms. The van der Waals surface area contributed by atoms with E-state index < -0.39 is 173 Å². The molecule has 1 aliphatic carbocycles. The summed E-state index contributed by atoms with van der Waals surface area (Å²) in [5.41, 5.74) is -0.851. The van der Waals surface area contributed by atoms with Gasteiger partial charge in [-0.1, -0.05) is 108 Å². The van der Waals surface area contributed by atoms with Crippen molar-refractivity contribution in [3.8, 4) is 0 Å². The Balaban J connectivity index is 1.43. The lowest BCUT2D eigenvalue weighted by Gasteiger charge is -2.42. The Kier molecular flexibility index (Phi) is 28.3. The predicted molar refractivity (Wildman–Crippen MR) is 366 cm³/mol. The molecule has 8 atom stereocenters. The molecule has 0 bridgehead atoms. The quantitative estimate of drug-likeness (QED) is 0.266. The molecule has 24 nitrogen and oxygen atoms in total. The van der Waals surface area contributed by atoms with Crippen LogP contribution in [0.5, 0.6) is 0 Å². The number of alkyl halides is 3. The van der Waals surface area contributed by atoms with Gasteiger partial charge in [-0.25, -0.2) is 0 Å². The molecule has 3 aliphatic heterocycles. The van der Waals surface area contributed by atoms with Gasteiger partial charge >= 0.3 is 6.18 Å². The third-order valence-electron chi connectivity index (χ3n) is 20.2. The van der Waals surface area contributed by atoms with Gasteiger partial charge in [-0.2, -0.15) is 13.2 Å². The fourth-order valence-electron chi connectivity index (χ4n) is 13.8. The average molecular weight is 1410 g/mol. The number of piperidine rings is 1. The second-order valence-corrected chi connectivity index (χ2v) is 28.9. The third-order valence-corrected chi connectivity index (χ3v) is 20.5. The predicted octanol–water partition coefficient (Wildman–Crippen LogP) is 5.08. The Labute approximate surface area is 585 Å². The number of halogens is 4. The fourth-order valence-corrected chi connectivity index (χ4v) is 14.1. The smallest absolute Gasteiger partial charge is 0.343 e. The van der Waals surface area contributed by atoms with Crippen LogP contribution in [-0.4, -0.2) is 251 Å². The topological polar surface area (TPSA) is 270 Å². The van der Waals surface area contributed by atoms with E-state index in [4.69, 9.17) is 11.6 Å². The van der Waals surface area contributed by atoms with Crippen LogP contribution in [0.4, 0.5) is 13.2 Å². The summed E-state index contributed by atoms with van der Waals surface area (Å²) < 4.78 is 41.5. The van der Waals surface area contributed by atoms with Gasteiger partial charge in [-0.05, 0) is 112 Å². The summed E-state index contributed by atoms with van der Waals surface area (Å²) in [6.07, 6.45) is -1.30. The van der Waals surface area contributed by atoms with Crippen molar-refractivity contribution in [2.45, 2.75) is 199 Å². The van der Waals surface area contributed by atoms with Crippen LogP contribution in [0.25, 0.3) is 0 Å². The zero-order valence-electron chi connectivity index (χ0n) is 60.1. The van der Waals surface area contributed by atoms with E-state index in [1.165, 1.54) is 75.0 Å². The monoisotopic (exact) mass is 1410 g/mol. The van der Waals surface area contributed by atoms with E-state index in [0.717, 1.165) is 43.7 Å². The summed E-state index contributed by atoms with van der Waals surface area (Å²) in [4.78, 5) is 189. The van der Waals surface area contributed by atoms with Crippen molar-refractivity contribution in [2.75, 3.05) is 88.6 Å². The second-order valence-electron chi connectivity index (χ2n) is 28.5. The molecular weight excluding hydrogens is 1310 g/mol. The molecule has 12 amide bonds. The number of carbonyl (C=O) groups excluding carboxylic acids is 12. The number of likely N-dealkylation sites (N-methyl/N-ethyl adjacent to an activating group) is 7. The fraction of sp³-hybridized carbons (Fsp3) is 0.662. The van der Waals surface area contributed by atoms with Gasteiger partial charge in [0.25, 0.3) is 0 Å². The first-order chi connectivity index (χ1) is 46.4. The highest BCUT2D eigenvalue weighted by atomic mass is 35.5. The Morgan fingerprint density at radius 2 is 1.23 bits per heavy atom. The van der Waals surface area contributed by atoms with E-state index in [1.54, 1.807) is 37.8 Å². The molecule has 3 heterocycles. The summed E-state index contributed by atoms with van der Waals surface area (Å²) >= 11 is 6.14. The number of nitrogens with zero attached hydrogens (tertiary/aromatic N) is 9. The summed E-state index contributed by atoms with van der Waals surface area (Å²) in [7, 11) is 9.67. The average Bonchev–Trinajstić information content (AvgIpc) is 1.77. The van der Waals surface area contributed by atoms with Gasteiger partial charge in [0.15, 0.2) is 0 Å². The number of benzene rings is 2. The van der Waals surface area contributed by atoms with E-state index in [1.807, 2.05) is 39.8 Å². The normalized spacial score (nSPS) is 24.9. The molecule has 2 aromatic rings. The molecule has 0 radical (unpaired) electrons. The molecule has 1 saturated carbocycles. The zero-order chi connectivity index (χ0) is 73.7. The lowest BCUT2D eigenvalue weighted by atomic mass is 9.91. The van der Waals surface area contributed by atoms with Crippen molar-refractivity contribution in [3.63, 3.8) is 0 Å². The Hall–Kier alpha value is -7.84. The third kappa shape index (κ3) is 20.2. The van der Waals surface area contributed by atoms with Crippen LogP contribution in [0.1, 0.15) is 147 Å². The van der Waals surface area contributed by atoms with Crippen molar-refractivity contribution in [1.29, 1.82) is 0 Å². The zero-order valence-corrected chi connectivity index (χ0v) is 60.9. The second kappa shape index (κ2) is 35.0. The first kappa shape index (κ1) is 80.1. The molecule has 0 unspecified atom stereocenters. The van der Waals surface area contributed by atoms with Crippen LogP contribution in [-0.2, 0) is 76.6 Å². The summed E-state index contributed by atoms with van der Waals surface area (Å²) in [5.74, 6) is -9.52. The van der Waals surface area contributed by atoms with Gasteiger partial charge < -0.3 is 60.0 Å². The molecule has 99 heavy (non-hydrogen) atoms. The van der Waals surface area contributed by atoms with E-state index in [0.29, 0.717) is 57.2 Å². The SMILES string of the molecule is CC[C@H](C)[C@@H]1NC(=O)[C@H](CC(C)C)N(C)C(=O)C[C@@H](C(=O)N2CCCCC2)N(C)C(=O)[C@H](C(C)C)N(C)C(=O)C2(CCCC2)NC(=O)[C@@H]2CCCN2C(=O)[C@H](CCc2ccc(C(F)(F)F)c(Cl)c2)NC(=O)CN(C)C(=O)[C@H](Cc2ccc(C)cc2)N(C)C(=O)CN(C)C(=O)CN(C)C1=O. The van der Waals surface area contributed by atoms with Crippen LogP contribution in [0.15, 0.2) is 42.5 Å². The van der Waals surface area contributed by atoms with Crippen LogP contribution >= 0.6 is 11.6 Å². The molecule has 3 saturated heterocycles. The highest BCUT2D eigenvalue weighted by molar-refractivity contribution is 6.31. The number of hydrogen-bond donors (Lipinski definition) is 3. The highest BCUT2D eigenvalue weighted by Gasteiger charge is 2.51. The lowest BCUT2D eigenvalue weighted by molar-refractivity contribution is -0.156. The Morgan fingerprint density at radius 3 is 1.82 bits per heavy atom. The first-order valence-corrected chi connectivity index (χ1v) is 35.0. The van der Waals surface area contributed by atoms with Crippen molar-refractivity contribution < 1.29 is 70.7 Å². The van der Waals surface area contributed by atoms with Gasteiger partial charge in [-0.3, -0.25) is 57.5 Å². The number of aryl methyl sites for hydroxylation is 2. The summed E-state index contributed by atoms with van der Waals surface area (Å²) in [5, 5.41) is 8.03. The van der Waals surface area contributed by atoms with Gasteiger partial charge in [0.2, 0.25) is 70.9 Å². The number of likely N-dealkylation sites (tertiary alicyclic amines) is 1. The van der Waals surface area contributed by atoms with Crippen molar-refractivity contribution in [2.24, 2.45) is 17.8 Å². The maximum Gasteiger partial charge on any atom is 0.417 e. The number of fused-ring (bicyclic) bond motifs is 1. The van der Waals surface area contributed by atoms with Crippen LogP contribution < -0.4 is 16.0 Å². The molecule has 3 N–H and O–H groups in total. The largest absolute Gasteiger partial charge is 0.417 e. The van der Waals surface area contributed by atoms with Gasteiger partial charge in [0.1, 0.15) is 47.8 Å². The molecule has 2 aromatic carbocycles. The van der Waals surface area contributed by atoms with Crippen LogP contribution in [0, 0.1) is 24.7 Å². The number of hydrogen-bond acceptors (Lipinski definition) is 12. The first-order valence-electron chi connectivity index (χ1n) is 34.6. The standard InChI is InChI=1S/C71H104ClF3N12O12/c1-15-46(7)60-67(97)81(10)41-58(90)79(8)42-59(91)83(12)54(38-48-25-23-45(6)24-26-48)65(95)80(9)40-56(88)76-51(30-28-47-27-29-49(50(72)37-47)71(73,74)75)64(94)87-35-21-22-52(87)63(93)78-70(31-17-18-32-70)69(99)85(14)61(44(4)5)68(98)84(13)55(66(96)86-33-19-16-20-34-86)39-57(89)82(11)53(36-43(2)3)62(92)77-60/h23-27,29,37,43-44,46,51-55,60-61H,15-22,28,30-36,38-42H2,1-14H3,(H,76,88)(H,77,92)(H,78,93)/t46-,51-,52-,53-,54-,55-,60-,61-/m0/s1. The summed E-state index contributed by atoms with van der Waals surface area (Å²) in [6.45, 7) is 11.5. The minimum atomic E-state index is -4.77. The molecule has 1 spiro atoms. The van der Waals surface area contributed by atoms with E-state index >= 15 is 19.2 Å². The Morgan fingerprint density at radius 1 is 0.636 bits per heavy atom. The number of carbonyl (C=O) groups is 12. The van der Waals surface area contributed by atoms with Gasteiger partial charge in [0.05, 0.1) is 36.6 Å². The maximum atomic E-state index is 15.4. The van der Waals surface area contributed by atoms with E-state index in [2.05, 4.69) is 16.0 Å². The molecule has 6 rings (SSSR count). The molecule has 548 valence electrons. The van der Waals surface area contributed by atoms with Gasteiger partial charge in [0, 0.05) is 75.4 Å². The number of rotatable bonds is 11. The molecular formula is C71H104ClF3N12O12. The van der Waals surface area contributed by atoms with E-state index in [-0.39, 0.29) is 63.0 Å². The highest BCUT2D eigenvalue weighted by Crippen LogP contribution is 2.37. The summed E-state index contributed by atoms with van der Waals surface area (Å²) in [6, 6.07) is 1.24. The molecule has 4 aliphatic rings. The number of nitrogens with one attached hydrogen (secondary N) is 3. The van der Waals surface area contributed by atoms with Crippen LogP contribution in [0.3, 0.4) is 0 Å². The van der Waals surface area contributed by atoms with Crippen molar-refractivity contribution in [3.05, 3.63) is 69.7 Å².